The van der Waals surface area contributed by atoms with Crippen molar-refractivity contribution in [2.75, 3.05) is 25.9 Å². The van der Waals surface area contributed by atoms with E-state index in [1.807, 2.05) is 6.92 Å². The van der Waals surface area contributed by atoms with E-state index in [0.717, 1.165) is 83.5 Å². The Morgan fingerprint density at radius 1 is 0.851 bits per heavy atom. The van der Waals surface area contributed by atoms with Crippen LogP contribution in [0.3, 0.4) is 0 Å². The first-order valence-electron chi connectivity index (χ1n) is 17.8. The summed E-state index contributed by atoms with van der Waals surface area (Å²) in [4.78, 5) is 67.3. The standard InChI is InChI=1S/C33H54N6O7S/c1-32(16-5-3-6-17-32)27(30(43)39-20-10-13-25(39)28(41)34-21-26(40)29(42)35-23-14-15-23)36-31(44)37-33(18-7-4-8-19-33)22-47(45,46)38(2)24-11-9-12-24/h23-25,27H,3-22H2,1-2H3,(H,34,41)(H,35,42)(H2,36,37,44)/t25-,27+/m0/s1. The van der Waals surface area contributed by atoms with E-state index >= 15 is 0 Å². The third-order valence-electron chi connectivity index (χ3n) is 11.3. The molecule has 5 amide bonds. The van der Waals surface area contributed by atoms with Crippen LogP contribution in [-0.4, -0.2) is 103 Å². The van der Waals surface area contributed by atoms with Crippen molar-refractivity contribution in [3.8, 4) is 0 Å². The summed E-state index contributed by atoms with van der Waals surface area (Å²) in [7, 11) is -1.99. The number of nitrogens with zero attached hydrogens (tertiary/aromatic N) is 2. The topological polar surface area (TPSA) is 174 Å². The molecule has 47 heavy (non-hydrogen) atoms. The SMILES string of the molecule is CN(C1CCC1)S(=O)(=O)CC1(NC(=O)N[C@H](C(=O)N2CCC[C@H]2C(=O)NCC(=O)C(=O)NC2CC2)C2(C)CCCCC2)CCCCC1. The number of urea groups is 1. The predicted molar refractivity (Wildman–Crippen MR) is 176 cm³/mol. The van der Waals surface area contributed by atoms with Gasteiger partial charge in [0.25, 0.3) is 5.91 Å². The van der Waals surface area contributed by atoms with E-state index in [-0.39, 0.29) is 23.7 Å². The van der Waals surface area contributed by atoms with Crippen molar-refractivity contribution in [2.45, 2.75) is 146 Å². The lowest BCUT2D eigenvalue weighted by atomic mass is 9.70. The first-order valence-corrected chi connectivity index (χ1v) is 19.4. The van der Waals surface area contributed by atoms with Gasteiger partial charge in [-0.2, -0.15) is 0 Å². The fourth-order valence-electron chi connectivity index (χ4n) is 7.88. The predicted octanol–water partition coefficient (Wildman–Crippen LogP) is 2.10. The van der Waals surface area contributed by atoms with Gasteiger partial charge in [-0.05, 0) is 69.6 Å². The Labute approximate surface area is 279 Å². The molecule has 13 nitrogen and oxygen atoms in total. The smallest absolute Gasteiger partial charge is 0.315 e. The molecule has 1 heterocycles. The number of likely N-dealkylation sites (tertiary alicyclic amines) is 1. The Morgan fingerprint density at radius 3 is 2.09 bits per heavy atom. The van der Waals surface area contributed by atoms with Crippen LogP contribution in [0.5, 0.6) is 0 Å². The van der Waals surface area contributed by atoms with Gasteiger partial charge in [-0.15, -0.1) is 0 Å². The first-order chi connectivity index (χ1) is 22.3. The molecule has 5 aliphatic rings. The van der Waals surface area contributed by atoms with E-state index in [9.17, 15) is 32.4 Å². The van der Waals surface area contributed by atoms with Gasteiger partial charge in [0.2, 0.25) is 27.6 Å². The van der Waals surface area contributed by atoms with Gasteiger partial charge >= 0.3 is 6.03 Å². The van der Waals surface area contributed by atoms with Crippen LogP contribution in [0.25, 0.3) is 0 Å². The molecule has 0 radical (unpaired) electrons. The summed E-state index contributed by atoms with van der Waals surface area (Å²) in [5.74, 6) is -2.48. The number of sulfonamides is 1. The zero-order chi connectivity index (χ0) is 33.8. The number of Topliss-reactive ketones (excluding diaryl/α,β-unsaturated/α-hetero) is 1. The van der Waals surface area contributed by atoms with E-state index in [1.54, 1.807) is 7.05 Å². The summed E-state index contributed by atoms with van der Waals surface area (Å²) < 4.78 is 28.5. The van der Waals surface area contributed by atoms with Crippen molar-refractivity contribution in [2.24, 2.45) is 5.41 Å². The molecule has 0 unspecified atom stereocenters. The van der Waals surface area contributed by atoms with Crippen LogP contribution in [0.15, 0.2) is 0 Å². The van der Waals surface area contributed by atoms with Crippen molar-refractivity contribution in [1.29, 1.82) is 0 Å². The Balaban J connectivity index is 1.28. The first kappa shape index (κ1) is 35.6. The zero-order valence-electron chi connectivity index (χ0n) is 28.1. The van der Waals surface area contributed by atoms with E-state index < -0.39 is 63.2 Å². The molecule has 264 valence electrons. The highest BCUT2D eigenvalue weighted by molar-refractivity contribution is 7.89. The van der Waals surface area contributed by atoms with Crippen molar-refractivity contribution in [3.63, 3.8) is 0 Å². The number of hydrogen-bond acceptors (Lipinski definition) is 7. The summed E-state index contributed by atoms with van der Waals surface area (Å²) in [6.45, 7) is 1.89. The number of hydrogen-bond donors (Lipinski definition) is 4. The lowest BCUT2D eigenvalue weighted by molar-refractivity contribution is -0.143. The number of carbonyl (C=O) groups is 5. The molecule has 4 aliphatic carbocycles. The van der Waals surface area contributed by atoms with Crippen molar-refractivity contribution >= 4 is 39.6 Å². The fraction of sp³-hybridized carbons (Fsp3) is 0.848. The van der Waals surface area contributed by atoms with Crippen molar-refractivity contribution in [3.05, 3.63) is 0 Å². The second-order valence-electron chi connectivity index (χ2n) is 15.0. The maximum Gasteiger partial charge on any atom is 0.315 e. The maximum absolute atomic E-state index is 14.3. The molecule has 0 bridgehead atoms. The van der Waals surface area contributed by atoms with E-state index in [1.165, 1.54) is 9.21 Å². The Bertz CT molecular complexity index is 1300. The lowest BCUT2D eigenvalue weighted by Gasteiger charge is -2.44. The Kier molecular flexibility index (Phi) is 11.2. The van der Waals surface area contributed by atoms with Gasteiger partial charge in [-0.1, -0.05) is 51.9 Å². The number of rotatable bonds is 13. The van der Waals surface area contributed by atoms with Gasteiger partial charge in [-0.3, -0.25) is 19.2 Å². The molecule has 1 aliphatic heterocycles. The van der Waals surface area contributed by atoms with Crippen LogP contribution in [0, 0.1) is 5.41 Å². The summed E-state index contributed by atoms with van der Waals surface area (Å²) in [5, 5.41) is 11.2. The molecule has 5 rings (SSSR count). The number of nitrogens with one attached hydrogen (secondary N) is 4. The average molecular weight is 679 g/mol. The molecule has 4 N–H and O–H groups in total. The molecule has 2 atom stereocenters. The Morgan fingerprint density at radius 2 is 1.49 bits per heavy atom. The third-order valence-corrected chi connectivity index (χ3v) is 13.4. The molecule has 0 aromatic carbocycles. The second kappa shape index (κ2) is 14.8. The highest BCUT2D eigenvalue weighted by Gasteiger charge is 2.48. The third kappa shape index (κ3) is 8.65. The van der Waals surface area contributed by atoms with Crippen molar-refractivity contribution < 1.29 is 32.4 Å². The van der Waals surface area contributed by atoms with Crippen LogP contribution in [0.2, 0.25) is 0 Å². The molecule has 4 saturated carbocycles. The monoisotopic (exact) mass is 678 g/mol. The highest BCUT2D eigenvalue weighted by atomic mass is 32.2. The van der Waals surface area contributed by atoms with E-state index in [4.69, 9.17) is 0 Å². The second-order valence-corrected chi connectivity index (χ2v) is 17.1. The molecule has 1 saturated heterocycles. The van der Waals surface area contributed by atoms with Crippen LogP contribution in [0.1, 0.15) is 116 Å². The molecule has 14 heteroatoms. The molecule has 0 aromatic rings. The summed E-state index contributed by atoms with van der Waals surface area (Å²) in [5.41, 5.74) is -1.49. The van der Waals surface area contributed by atoms with Gasteiger partial charge in [0, 0.05) is 25.7 Å². The van der Waals surface area contributed by atoms with Crippen LogP contribution in [-0.2, 0) is 29.2 Å². The molecule has 0 aromatic heterocycles. The summed E-state index contributed by atoms with van der Waals surface area (Å²) >= 11 is 0. The van der Waals surface area contributed by atoms with Gasteiger partial charge < -0.3 is 26.2 Å². The molecule has 5 fully saturated rings. The van der Waals surface area contributed by atoms with Gasteiger partial charge in [0.15, 0.2) is 0 Å². The number of carbonyl (C=O) groups excluding carboxylic acids is 5. The van der Waals surface area contributed by atoms with Crippen LogP contribution in [0.4, 0.5) is 4.79 Å². The largest absolute Gasteiger partial charge is 0.347 e. The number of amides is 5. The summed E-state index contributed by atoms with van der Waals surface area (Å²) in [6.07, 6.45) is 13.4. The average Bonchev–Trinajstić information content (AvgIpc) is 3.68. The van der Waals surface area contributed by atoms with Crippen LogP contribution < -0.4 is 21.3 Å². The van der Waals surface area contributed by atoms with Gasteiger partial charge in [0.05, 0.1) is 17.8 Å². The maximum atomic E-state index is 14.3. The zero-order valence-corrected chi connectivity index (χ0v) is 28.9. The Hall–Kier alpha value is -2.74. The normalized spacial score (nSPS) is 24.9. The fourth-order valence-corrected chi connectivity index (χ4v) is 9.81. The molecular weight excluding hydrogens is 624 g/mol. The molecular formula is C33H54N6O7S. The van der Waals surface area contributed by atoms with E-state index in [0.29, 0.717) is 32.2 Å². The van der Waals surface area contributed by atoms with Gasteiger partial charge in [-0.25, -0.2) is 17.5 Å². The summed E-state index contributed by atoms with van der Waals surface area (Å²) in [6, 6.07) is -2.27. The quantitative estimate of drug-likeness (QED) is 0.216. The minimum Gasteiger partial charge on any atom is -0.347 e. The highest BCUT2D eigenvalue weighted by Crippen LogP contribution is 2.40. The van der Waals surface area contributed by atoms with E-state index in [2.05, 4.69) is 21.3 Å². The lowest BCUT2D eigenvalue weighted by Crippen LogP contribution is -2.64. The minimum absolute atomic E-state index is 0.00587. The van der Waals surface area contributed by atoms with Crippen molar-refractivity contribution in [1.82, 2.24) is 30.5 Å². The van der Waals surface area contributed by atoms with Crippen LogP contribution >= 0.6 is 0 Å². The van der Waals surface area contributed by atoms with Gasteiger partial charge in [0.1, 0.15) is 12.1 Å². The number of ketones is 1. The molecule has 0 spiro atoms. The minimum atomic E-state index is -3.63.